The molecule has 0 fully saturated rings. The van der Waals surface area contributed by atoms with Crippen molar-refractivity contribution < 1.29 is 35.1 Å². The van der Waals surface area contributed by atoms with Gasteiger partial charge in [0, 0.05) is 0 Å². The molecule has 0 bridgehead atoms. The summed E-state index contributed by atoms with van der Waals surface area (Å²) >= 11 is 0. The summed E-state index contributed by atoms with van der Waals surface area (Å²) in [6, 6.07) is 22.5. The van der Waals surface area contributed by atoms with Gasteiger partial charge in [-0.05, 0) is 16.7 Å². The highest BCUT2D eigenvalue weighted by molar-refractivity contribution is 7.74. The molecule has 34 heavy (non-hydrogen) atoms. The normalized spacial score (nSPS) is 13.3. The van der Waals surface area contributed by atoms with E-state index >= 15 is 8.78 Å². The van der Waals surface area contributed by atoms with Crippen molar-refractivity contribution in [2.75, 3.05) is 0 Å². The van der Waals surface area contributed by atoms with Gasteiger partial charge in [0.1, 0.15) is 7.26 Å². The molecule has 9 heteroatoms. The van der Waals surface area contributed by atoms with Crippen LogP contribution in [0.3, 0.4) is 0 Å². The lowest BCUT2D eigenvalue weighted by Gasteiger charge is -2.40. The van der Waals surface area contributed by atoms with Gasteiger partial charge in [-0.15, -0.1) is 0 Å². The van der Waals surface area contributed by atoms with E-state index < -0.39 is 49.7 Å². The van der Waals surface area contributed by atoms with Crippen LogP contribution in [0.25, 0.3) is 0 Å². The minimum absolute atomic E-state index is 0.235. The van der Waals surface area contributed by atoms with E-state index in [1.807, 2.05) is 0 Å². The number of benzene rings is 3. The molecule has 0 aliphatic rings. The third kappa shape index (κ3) is 4.97. The quantitative estimate of drug-likeness (QED) is 0.191. The first-order valence-electron chi connectivity index (χ1n) is 10.3. The fourth-order valence-corrected chi connectivity index (χ4v) is 8.31. The van der Waals surface area contributed by atoms with E-state index in [9.17, 15) is 26.3 Å². The molecule has 3 rings (SSSR count). The summed E-state index contributed by atoms with van der Waals surface area (Å²) < 4.78 is 116. The highest BCUT2D eigenvalue weighted by Crippen LogP contribution is 2.80. The maximum absolute atomic E-state index is 15.9. The van der Waals surface area contributed by atoms with Crippen LogP contribution in [-0.4, -0.2) is 23.9 Å². The number of alkyl halides is 8. The Morgan fingerprint density at radius 1 is 0.529 bits per heavy atom. The highest BCUT2D eigenvalue weighted by atomic mass is 31.2. The lowest BCUT2D eigenvalue weighted by molar-refractivity contribution is -0.315. The van der Waals surface area contributed by atoms with Crippen LogP contribution in [0.4, 0.5) is 35.1 Å². The van der Waals surface area contributed by atoms with Crippen molar-refractivity contribution in [3.63, 3.8) is 0 Å². The molecule has 0 aliphatic heterocycles. The number of hydrogen-bond donors (Lipinski definition) is 0. The van der Waals surface area contributed by atoms with E-state index in [4.69, 9.17) is 0 Å². The zero-order valence-corrected chi connectivity index (χ0v) is 18.7. The molecule has 3 aromatic carbocycles. The lowest BCUT2D eigenvalue weighted by atomic mass is 10.2. The Morgan fingerprint density at radius 3 is 1.09 bits per heavy atom. The van der Waals surface area contributed by atoms with Gasteiger partial charge in [-0.2, -0.15) is 26.3 Å². The second-order valence-electron chi connectivity index (χ2n) is 8.12. The molecule has 0 amide bonds. The highest BCUT2D eigenvalue weighted by Gasteiger charge is 2.84. The van der Waals surface area contributed by atoms with Crippen molar-refractivity contribution in [1.29, 1.82) is 0 Å². The minimum atomic E-state index is -6.28. The van der Waals surface area contributed by atoms with Crippen LogP contribution >= 0.6 is 7.26 Å². The molecule has 0 aromatic heterocycles. The van der Waals surface area contributed by atoms with Gasteiger partial charge in [0.25, 0.3) is 0 Å². The van der Waals surface area contributed by atoms with Crippen LogP contribution in [0.1, 0.15) is 16.7 Å². The molecule has 0 N–H and O–H groups in total. The van der Waals surface area contributed by atoms with E-state index in [-0.39, 0.29) is 16.7 Å². The molecule has 0 atom stereocenters. The average Bonchev–Trinajstić information content (AvgIpc) is 2.80. The molecule has 0 spiro atoms. The summed E-state index contributed by atoms with van der Waals surface area (Å²) in [5, 5.41) is 0. The third-order valence-corrected chi connectivity index (χ3v) is 10.0. The average molecular weight is 505 g/mol. The van der Waals surface area contributed by atoms with E-state index in [2.05, 4.69) is 0 Å². The Hall–Kier alpha value is -2.47. The first-order valence-corrected chi connectivity index (χ1v) is 12.7. The van der Waals surface area contributed by atoms with Gasteiger partial charge < -0.3 is 0 Å². The molecule has 0 aliphatic carbocycles. The Morgan fingerprint density at radius 2 is 0.824 bits per heavy atom. The van der Waals surface area contributed by atoms with Crippen LogP contribution in [0.5, 0.6) is 0 Å². The minimum Gasteiger partial charge on any atom is -0.203 e. The molecule has 0 nitrogen and oxygen atoms in total. The summed E-state index contributed by atoms with van der Waals surface area (Å²) in [5.41, 5.74) is -4.71. The summed E-state index contributed by atoms with van der Waals surface area (Å²) in [5.74, 6) is -12.5. The smallest absolute Gasteiger partial charge is 0.203 e. The van der Waals surface area contributed by atoms with Gasteiger partial charge in [0.2, 0.25) is 0 Å². The van der Waals surface area contributed by atoms with E-state index in [1.165, 1.54) is 72.8 Å². The van der Waals surface area contributed by atoms with Gasteiger partial charge in [0.05, 0.1) is 18.5 Å². The zero-order valence-electron chi connectivity index (χ0n) is 17.8. The topological polar surface area (TPSA) is 0 Å². The van der Waals surface area contributed by atoms with Crippen LogP contribution in [0.15, 0.2) is 91.0 Å². The Kier molecular flexibility index (Phi) is 7.71. The number of hydrogen-bond acceptors (Lipinski definition) is 0. The van der Waals surface area contributed by atoms with Crippen LogP contribution in [0, 0.1) is 0 Å². The SMILES string of the molecule is FC(F)C(F)(F)C(F)(F)C(F)(F)[P+](Cc1ccccc1)(Cc1ccccc1)Cc1ccccc1. The molecule has 0 saturated carbocycles. The van der Waals surface area contributed by atoms with Gasteiger partial charge in [-0.1, -0.05) is 91.0 Å². The maximum atomic E-state index is 15.9. The fraction of sp³-hybridized carbons (Fsp3) is 0.280. The number of rotatable bonds is 10. The van der Waals surface area contributed by atoms with E-state index in [1.54, 1.807) is 18.2 Å². The standard InChI is InChI=1S/C25H22F8P/c26-22(27)23(28,29)24(30,31)25(32,33)34(16-19-10-4-1-5-11-19,17-20-12-6-2-7-13-20)18-21-14-8-3-9-15-21/h1-15,22H,16-18H2/q+1. The first-order chi connectivity index (χ1) is 15.9. The molecule has 182 valence electrons. The van der Waals surface area contributed by atoms with Gasteiger partial charge in [0.15, 0.2) is 0 Å². The molecular weight excluding hydrogens is 483 g/mol. The third-order valence-electron chi connectivity index (χ3n) is 5.65. The zero-order chi connectivity index (χ0) is 25.0. The predicted molar refractivity (Wildman–Crippen MR) is 118 cm³/mol. The van der Waals surface area contributed by atoms with Crippen molar-refractivity contribution >= 4 is 7.26 Å². The van der Waals surface area contributed by atoms with Gasteiger partial charge >= 0.3 is 23.9 Å². The molecule has 0 radical (unpaired) electrons. The monoisotopic (exact) mass is 505 g/mol. The lowest BCUT2D eigenvalue weighted by Crippen LogP contribution is -2.58. The van der Waals surface area contributed by atoms with Crippen LogP contribution < -0.4 is 0 Å². The van der Waals surface area contributed by atoms with Crippen molar-refractivity contribution in [2.24, 2.45) is 0 Å². The van der Waals surface area contributed by atoms with E-state index in [0.29, 0.717) is 0 Å². The van der Waals surface area contributed by atoms with Crippen molar-refractivity contribution in [2.45, 2.75) is 42.4 Å². The molecule has 3 aromatic rings. The summed E-state index contributed by atoms with van der Waals surface area (Å²) in [6.45, 7) is 0. The summed E-state index contributed by atoms with van der Waals surface area (Å²) in [7, 11) is -4.52. The molecule has 0 saturated heterocycles. The Labute approximate surface area is 193 Å². The summed E-state index contributed by atoms with van der Waals surface area (Å²) in [6.07, 6.45) is -6.88. The molecular formula is C25H22F8P+. The largest absolute Gasteiger partial charge is 0.422 e. The van der Waals surface area contributed by atoms with Crippen LogP contribution in [0.2, 0.25) is 0 Å². The van der Waals surface area contributed by atoms with Crippen molar-refractivity contribution in [1.82, 2.24) is 0 Å². The predicted octanol–water partition coefficient (Wildman–Crippen LogP) is 8.73. The summed E-state index contributed by atoms with van der Waals surface area (Å²) in [4.78, 5) is 0. The molecule has 0 unspecified atom stereocenters. The maximum Gasteiger partial charge on any atom is 0.422 e. The second kappa shape index (κ2) is 10.0. The number of halogens is 8. The molecule has 0 heterocycles. The first kappa shape index (κ1) is 26.1. The van der Waals surface area contributed by atoms with Crippen molar-refractivity contribution in [3.05, 3.63) is 108 Å². The van der Waals surface area contributed by atoms with Gasteiger partial charge in [-0.25, -0.2) is 8.78 Å². The fourth-order valence-electron chi connectivity index (χ4n) is 3.90. The second-order valence-corrected chi connectivity index (χ2v) is 11.9. The Bertz CT molecular complexity index is 939. The van der Waals surface area contributed by atoms with Crippen LogP contribution in [-0.2, 0) is 18.5 Å². The van der Waals surface area contributed by atoms with Crippen molar-refractivity contribution in [3.8, 4) is 0 Å². The van der Waals surface area contributed by atoms with E-state index in [0.717, 1.165) is 0 Å². The Balaban J connectivity index is 2.25. The van der Waals surface area contributed by atoms with Gasteiger partial charge in [-0.3, -0.25) is 0 Å².